The van der Waals surface area contributed by atoms with Gasteiger partial charge in [-0.3, -0.25) is 9.69 Å². The van der Waals surface area contributed by atoms with Crippen LogP contribution < -0.4 is 10.1 Å². The van der Waals surface area contributed by atoms with E-state index < -0.39 is 0 Å². The first kappa shape index (κ1) is 23.9. The van der Waals surface area contributed by atoms with Gasteiger partial charge in [0.15, 0.2) is 5.82 Å². The molecule has 0 saturated carbocycles. The standard InChI is InChI=1S/C26H33N5O3/c1-20(27-25(33)12-9-21-5-3-2-4-6-21)26-29-28-24-13-14-30(15-16-31(24)26)19-22-7-10-23(11-8-22)34-18-17-32/h2-8,10-11,20,32H,9,12-19H2,1H3,(H,27,33). The molecule has 0 radical (unpaired) electrons. The molecule has 8 nitrogen and oxygen atoms in total. The van der Waals surface area contributed by atoms with Crippen LogP contribution in [0.3, 0.4) is 0 Å². The number of ether oxygens (including phenoxy) is 1. The number of fused-ring (bicyclic) bond motifs is 1. The van der Waals surface area contributed by atoms with Gasteiger partial charge in [-0.15, -0.1) is 10.2 Å². The third-order valence-corrected chi connectivity index (χ3v) is 6.09. The molecule has 8 heteroatoms. The fourth-order valence-corrected chi connectivity index (χ4v) is 4.26. The third kappa shape index (κ3) is 6.42. The molecule has 2 aromatic carbocycles. The molecule has 1 amide bonds. The Balaban J connectivity index is 1.29. The van der Waals surface area contributed by atoms with Crippen LogP contribution in [0.1, 0.15) is 42.2 Å². The second-order valence-corrected chi connectivity index (χ2v) is 8.64. The molecule has 3 aromatic rings. The van der Waals surface area contributed by atoms with Crippen LogP contribution in [-0.2, 0) is 30.7 Å². The maximum Gasteiger partial charge on any atom is 0.220 e. The van der Waals surface area contributed by atoms with E-state index in [1.54, 1.807) is 0 Å². The Morgan fingerprint density at radius 1 is 1.06 bits per heavy atom. The number of aromatic nitrogens is 3. The van der Waals surface area contributed by atoms with Crippen LogP contribution in [-0.4, -0.2) is 57.0 Å². The maximum absolute atomic E-state index is 12.5. The molecule has 0 bridgehead atoms. The average molecular weight is 464 g/mol. The SMILES string of the molecule is CC(NC(=O)CCc1ccccc1)c1nnc2n1CCN(Cc1ccc(OCCO)cc1)CC2. The summed E-state index contributed by atoms with van der Waals surface area (Å²) in [6, 6.07) is 17.9. The smallest absolute Gasteiger partial charge is 0.220 e. The number of aliphatic hydroxyl groups is 1. The Kier molecular flexibility index (Phi) is 8.27. The molecule has 0 saturated heterocycles. The lowest BCUT2D eigenvalue weighted by molar-refractivity contribution is -0.121. The molecule has 180 valence electrons. The lowest BCUT2D eigenvalue weighted by atomic mass is 10.1. The highest BCUT2D eigenvalue weighted by atomic mass is 16.5. The minimum Gasteiger partial charge on any atom is -0.491 e. The van der Waals surface area contributed by atoms with Gasteiger partial charge in [-0.25, -0.2) is 0 Å². The van der Waals surface area contributed by atoms with Crippen LogP contribution in [0, 0.1) is 0 Å². The largest absolute Gasteiger partial charge is 0.491 e. The van der Waals surface area contributed by atoms with Crippen molar-refractivity contribution < 1.29 is 14.6 Å². The first-order valence-electron chi connectivity index (χ1n) is 11.9. The molecule has 0 aliphatic carbocycles. The molecule has 2 N–H and O–H groups in total. The number of hydrogen-bond donors (Lipinski definition) is 2. The average Bonchev–Trinajstić information content (AvgIpc) is 3.17. The summed E-state index contributed by atoms with van der Waals surface area (Å²) in [6.07, 6.45) is 1.99. The van der Waals surface area contributed by atoms with Crippen LogP contribution in [0.25, 0.3) is 0 Å². The van der Waals surface area contributed by atoms with Gasteiger partial charge in [0.2, 0.25) is 5.91 Å². The maximum atomic E-state index is 12.5. The predicted molar refractivity (Wildman–Crippen MR) is 129 cm³/mol. The molecule has 1 unspecified atom stereocenters. The summed E-state index contributed by atoms with van der Waals surface area (Å²) in [7, 11) is 0. The van der Waals surface area contributed by atoms with E-state index >= 15 is 0 Å². The van der Waals surface area contributed by atoms with Crippen molar-refractivity contribution in [3.05, 3.63) is 77.4 Å². The molecule has 2 heterocycles. The molecule has 34 heavy (non-hydrogen) atoms. The van der Waals surface area contributed by atoms with Gasteiger partial charge in [-0.2, -0.15) is 0 Å². The zero-order valence-corrected chi connectivity index (χ0v) is 19.7. The molecule has 0 fully saturated rings. The highest BCUT2D eigenvalue weighted by molar-refractivity contribution is 5.76. The molecular weight excluding hydrogens is 430 g/mol. The molecule has 1 aliphatic heterocycles. The molecular formula is C26H33N5O3. The van der Waals surface area contributed by atoms with Gasteiger partial charge in [-0.1, -0.05) is 42.5 Å². The van der Waals surface area contributed by atoms with Crippen molar-refractivity contribution in [1.29, 1.82) is 0 Å². The van der Waals surface area contributed by atoms with Crippen LogP contribution >= 0.6 is 0 Å². The number of benzene rings is 2. The van der Waals surface area contributed by atoms with Gasteiger partial charge in [0.05, 0.1) is 12.6 Å². The fourth-order valence-electron chi connectivity index (χ4n) is 4.26. The monoisotopic (exact) mass is 463 g/mol. The van der Waals surface area contributed by atoms with Crippen LogP contribution in [0.5, 0.6) is 5.75 Å². The Labute approximate surface area is 200 Å². The summed E-state index contributed by atoms with van der Waals surface area (Å²) in [4.78, 5) is 14.9. The van der Waals surface area contributed by atoms with Crippen molar-refractivity contribution in [3.8, 4) is 5.75 Å². The first-order valence-corrected chi connectivity index (χ1v) is 11.9. The number of amides is 1. The highest BCUT2D eigenvalue weighted by Gasteiger charge is 2.22. The summed E-state index contributed by atoms with van der Waals surface area (Å²) in [5.41, 5.74) is 2.38. The number of carbonyl (C=O) groups is 1. The summed E-state index contributed by atoms with van der Waals surface area (Å²) in [5, 5.41) is 20.8. The Hall–Kier alpha value is -3.23. The van der Waals surface area contributed by atoms with Crippen molar-refractivity contribution >= 4 is 5.91 Å². The van der Waals surface area contributed by atoms with Crippen molar-refractivity contribution in [3.63, 3.8) is 0 Å². The van der Waals surface area contributed by atoms with Crippen molar-refractivity contribution in [2.24, 2.45) is 0 Å². The topological polar surface area (TPSA) is 92.5 Å². The number of rotatable bonds is 10. The van der Waals surface area contributed by atoms with Crippen LogP contribution in [0.4, 0.5) is 0 Å². The van der Waals surface area contributed by atoms with Crippen molar-refractivity contribution in [1.82, 2.24) is 25.0 Å². The lowest BCUT2D eigenvalue weighted by Crippen LogP contribution is -2.30. The van der Waals surface area contributed by atoms with E-state index in [4.69, 9.17) is 9.84 Å². The minimum absolute atomic E-state index is 0.0111. The van der Waals surface area contributed by atoms with Gasteiger partial charge in [-0.05, 0) is 36.6 Å². The van der Waals surface area contributed by atoms with Gasteiger partial charge >= 0.3 is 0 Å². The molecule has 1 aromatic heterocycles. The van der Waals surface area contributed by atoms with Crippen LogP contribution in [0.2, 0.25) is 0 Å². The Bertz CT molecular complexity index is 1050. The molecule has 0 spiro atoms. The number of nitrogens with one attached hydrogen (secondary N) is 1. The Morgan fingerprint density at radius 2 is 1.85 bits per heavy atom. The molecule has 4 rings (SSSR count). The van der Waals surface area contributed by atoms with E-state index in [0.717, 1.165) is 62.0 Å². The summed E-state index contributed by atoms with van der Waals surface area (Å²) >= 11 is 0. The second kappa shape index (κ2) is 11.8. The number of nitrogens with zero attached hydrogens (tertiary/aromatic N) is 4. The first-order chi connectivity index (χ1) is 16.6. The fraction of sp³-hybridized carbons (Fsp3) is 0.423. The molecule has 1 atom stereocenters. The summed E-state index contributed by atoms with van der Waals surface area (Å²) in [5.74, 6) is 2.57. The van der Waals surface area contributed by atoms with E-state index in [1.807, 2.05) is 49.4 Å². The predicted octanol–water partition coefficient (Wildman–Crippen LogP) is 2.52. The van der Waals surface area contributed by atoms with Crippen molar-refractivity contribution in [2.75, 3.05) is 26.3 Å². The normalized spacial score (nSPS) is 14.8. The van der Waals surface area contributed by atoms with Crippen LogP contribution in [0.15, 0.2) is 54.6 Å². The molecule has 1 aliphatic rings. The lowest BCUT2D eigenvalue weighted by Gasteiger charge is -2.20. The number of aliphatic hydroxyl groups excluding tert-OH is 1. The van der Waals surface area contributed by atoms with E-state index in [9.17, 15) is 4.79 Å². The summed E-state index contributed by atoms with van der Waals surface area (Å²) < 4.78 is 7.60. The van der Waals surface area contributed by atoms with E-state index in [0.29, 0.717) is 13.0 Å². The van der Waals surface area contributed by atoms with Gasteiger partial charge < -0.3 is 19.7 Å². The zero-order valence-electron chi connectivity index (χ0n) is 19.7. The van der Waals surface area contributed by atoms with E-state index in [2.05, 4.69) is 37.1 Å². The van der Waals surface area contributed by atoms with Gasteiger partial charge in [0.1, 0.15) is 18.2 Å². The minimum atomic E-state index is -0.192. The number of hydrogen-bond acceptors (Lipinski definition) is 6. The van der Waals surface area contributed by atoms with Crippen molar-refractivity contribution in [2.45, 2.75) is 45.3 Å². The van der Waals surface area contributed by atoms with E-state index in [1.165, 1.54) is 5.56 Å². The second-order valence-electron chi connectivity index (χ2n) is 8.64. The van der Waals surface area contributed by atoms with E-state index in [-0.39, 0.29) is 18.6 Å². The quantitative estimate of drug-likeness (QED) is 0.480. The zero-order chi connectivity index (χ0) is 23.8. The number of aryl methyl sites for hydroxylation is 1. The Morgan fingerprint density at radius 3 is 2.62 bits per heavy atom. The van der Waals surface area contributed by atoms with Gasteiger partial charge in [0, 0.05) is 39.0 Å². The third-order valence-electron chi connectivity index (χ3n) is 6.09. The summed E-state index contributed by atoms with van der Waals surface area (Å²) in [6.45, 7) is 5.71. The highest BCUT2D eigenvalue weighted by Crippen LogP contribution is 2.18. The number of carbonyl (C=O) groups excluding carboxylic acids is 1. The van der Waals surface area contributed by atoms with Gasteiger partial charge in [0.25, 0.3) is 0 Å².